The Morgan fingerprint density at radius 2 is 1.74 bits per heavy atom. The van der Waals surface area contributed by atoms with Crippen LogP contribution in [0.2, 0.25) is 0 Å². The zero-order valence-corrected chi connectivity index (χ0v) is 15.4. The number of anilines is 1. The van der Waals surface area contributed by atoms with Crippen molar-refractivity contribution in [2.24, 2.45) is 0 Å². The van der Waals surface area contributed by atoms with Crippen LogP contribution < -0.4 is 9.62 Å². The first-order valence-electron chi connectivity index (χ1n) is 8.73. The normalized spacial score (nSPS) is 17.4. The molecular formula is C21H19N3O2S. The molecule has 136 valence electrons. The maximum atomic E-state index is 13.2. The standard InChI is InChI=1S/C21H19N3O2S/c25-21-19(23-27(26)18-9-5-2-6-10-18)13-17-14-22-12-11-20(17)24(21)15-16-7-3-1-4-8-16/h1-12,14,19,23H,13,15H2. The van der Waals surface area contributed by atoms with Crippen molar-refractivity contribution in [2.45, 2.75) is 23.9 Å². The van der Waals surface area contributed by atoms with Crippen LogP contribution >= 0.6 is 0 Å². The molecule has 0 saturated carbocycles. The van der Waals surface area contributed by atoms with E-state index in [-0.39, 0.29) is 5.91 Å². The van der Waals surface area contributed by atoms with Gasteiger partial charge in [0, 0.05) is 18.8 Å². The number of hydrogen-bond acceptors (Lipinski definition) is 3. The molecule has 2 heterocycles. The highest BCUT2D eigenvalue weighted by Gasteiger charge is 2.34. The predicted octanol–water partition coefficient (Wildman–Crippen LogP) is 2.85. The number of nitrogens with one attached hydrogen (secondary N) is 1. The van der Waals surface area contributed by atoms with Crippen LogP contribution in [0.25, 0.3) is 0 Å². The van der Waals surface area contributed by atoms with Gasteiger partial charge in [0.05, 0.1) is 17.1 Å². The Bertz CT molecular complexity index is 963. The van der Waals surface area contributed by atoms with Gasteiger partial charge in [0.2, 0.25) is 5.91 Å². The molecule has 6 heteroatoms. The van der Waals surface area contributed by atoms with E-state index in [4.69, 9.17) is 0 Å². The molecule has 2 unspecified atom stereocenters. The van der Waals surface area contributed by atoms with Crippen molar-refractivity contribution in [2.75, 3.05) is 4.90 Å². The lowest BCUT2D eigenvalue weighted by Crippen LogP contribution is -2.51. The number of carbonyl (C=O) groups is 1. The minimum atomic E-state index is -1.46. The summed E-state index contributed by atoms with van der Waals surface area (Å²) in [7, 11) is -1.46. The lowest BCUT2D eigenvalue weighted by molar-refractivity contribution is -0.120. The predicted molar refractivity (Wildman–Crippen MR) is 105 cm³/mol. The topological polar surface area (TPSA) is 62.3 Å². The van der Waals surface area contributed by atoms with Crippen molar-refractivity contribution >= 4 is 22.6 Å². The van der Waals surface area contributed by atoms with Gasteiger partial charge in [-0.15, -0.1) is 0 Å². The molecule has 2 aromatic carbocycles. The summed E-state index contributed by atoms with van der Waals surface area (Å²) in [6, 6.07) is 20.3. The van der Waals surface area contributed by atoms with E-state index in [0.717, 1.165) is 16.8 Å². The van der Waals surface area contributed by atoms with Crippen molar-refractivity contribution in [3.05, 3.63) is 90.3 Å². The zero-order chi connectivity index (χ0) is 18.6. The van der Waals surface area contributed by atoms with Crippen LogP contribution in [0.4, 0.5) is 5.69 Å². The van der Waals surface area contributed by atoms with E-state index in [2.05, 4.69) is 9.71 Å². The number of hydrogen-bond donors (Lipinski definition) is 1. The van der Waals surface area contributed by atoms with Crippen LogP contribution in [0.5, 0.6) is 0 Å². The van der Waals surface area contributed by atoms with Gasteiger partial charge in [-0.25, -0.2) is 8.93 Å². The van der Waals surface area contributed by atoms with Crippen LogP contribution in [0.15, 0.2) is 84.0 Å². The molecule has 0 spiro atoms. The average Bonchev–Trinajstić information content (AvgIpc) is 2.72. The summed E-state index contributed by atoms with van der Waals surface area (Å²) < 4.78 is 15.6. The molecule has 1 amide bonds. The van der Waals surface area contributed by atoms with Crippen molar-refractivity contribution < 1.29 is 9.00 Å². The van der Waals surface area contributed by atoms with Crippen LogP contribution in [-0.2, 0) is 28.7 Å². The molecule has 1 N–H and O–H groups in total. The maximum Gasteiger partial charge on any atom is 0.245 e. The number of rotatable bonds is 5. The SMILES string of the molecule is O=C1C(NS(=O)c2ccccc2)Cc2cnccc2N1Cc1ccccc1. The second kappa shape index (κ2) is 7.82. The highest BCUT2D eigenvalue weighted by Crippen LogP contribution is 2.29. The van der Waals surface area contributed by atoms with E-state index in [1.54, 1.807) is 29.4 Å². The molecule has 0 fully saturated rings. The summed E-state index contributed by atoms with van der Waals surface area (Å²) in [5, 5.41) is 0. The second-order valence-corrected chi connectivity index (χ2v) is 7.62. The minimum Gasteiger partial charge on any atom is -0.306 e. The third-order valence-corrected chi connectivity index (χ3v) is 5.75. The number of benzene rings is 2. The number of amides is 1. The smallest absolute Gasteiger partial charge is 0.245 e. The first-order valence-corrected chi connectivity index (χ1v) is 9.88. The summed E-state index contributed by atoms with van der Waals surface area (Å²) in [5.41, 5.74) is 2.87. The molecular weight excluding hydrogens is 358 g/mol. The number of pyridine rings is 1. The quantitative estimate of drug-likeness (QED) is 0.744. The number of carbonyl (C=O) groups excluding carboxylic acids is 1. The highest BCUT2D eigenvalue weighted by atomic mass is 32.2. The molecule has 0 saturated heterocycles. The molecule has 27 heavy (non-hydrogen) atoms. The molecule has 0 aliphatic carbocycles. The van der Waals surface area contributed by atoms with E-state index >= 15 is 0 Å². The lowest BCUT2D eigenvalue weighted by atomic mass is 9.99. The van der Waals surface area contributed by atoms with Gasteiger partial charge in [0.25, 0.3) is 0 Å². The molecule has 3 aromatic rings. The van der Waals surface area contributed by atoms with E-state index in [1.807, 2.05) is 54.6 Å². The van der Waals surface area contributed by atoms with Crippen molar-refractivity contribution in [1.29, 1.82) is 0 Å². The first-order chi connectivity index (χ1) is 13.2. The van der Waals surface area contributed by atoms with Gasteiger partial charge < -0.3 is 4.90 Å². The number of nitrogens with zero attached hydrogens (tertiary/aromatic N) is 2. The summed E-state index contributed by atoms with van der Waals surface area (Å²) in [6.45, 7) is 0.465. The largest absolute Gasteiger partial charge is 0.306 e. The lowest BCUT2D eigenvalue weighted by Gasteiger charge is -2.34. The van der Waals surface area contributed by atoms with E-state index in [0.29, 0.717) is 17.9 Å². The highest BCUT2D eigenvalue weighted by molar-refractivity contribution is 7.83. The molecule has 4 rings (SSSR count). The minimum absolute atomic E-state index is 0.0816. The fourth-order valence-corrected chi connectivity index (χ4v) is 4.20. The van der Waals surface area contributed by atoms with Crippen LogP contribution in [0.3, 0.4) is 0 Å². The molecule has 1 aliphatic heterocycles. The van der Waals surface area contributed by atoms with E-state index in [1.165, 1.54) is 0 Å². The van der Waals surface area contributed by atoms with Gasteiger partial charge in [-0.3, -0.25) is 9.78 Å². The van der Waals surface area contributed by atoms with E-state index in [9.17, 15) is 9.00 Å². The fraction of sp³-hybridized carbons (Fsp3) is 0.143. The zero-order valence-electron chi connectivity index (χ0n) is 14.6. The van der Waals surface area contributed by atoms with Gasteiger partial charge in [0.1, 0.15) is 17.0 Å². The monoisotopic (exact) mass is 377 g/mol. The number of aromatic nitrogens is 1. The summed E-state index contributed by atoms with van der Waals surface area (Å²) in [4.78, 5) is 19.8. The summed E-state index contributed by atoms with van der Waals surface area (Å²) in [6.07, 6.45) is 3.94. The Kier molecular flexibility index (Phi) is 5.09. The van der Waals surface area contributed by atoms with Crippen LogP contribution in [-0.4, -0.2) is 21.1 Å². The molecule has 0 bridgehead atoms. The maximum absolute atomic E-state index is 13.2. The molecule has 2 atom stereocenters. The van der Waals surface area contributed by atoms with Crippen molar-refractivity contribution in [1.82, 2.24) is 9.71 Å². The Morgan fingerprint density at radius 1 is 1.04 bits per heavy atom. The Hall–Kier alpha value is -2.83. The van der Waals surface area contributed by atoms with Crippen LogP contribution in [0.1, 0.15) is 11.1 Å². The fourth-order valence-electron chi connectivity index (χ4n) is 3.22. The Balaban J connectivity index is 1.61. The first kappa shape index (κ1) is 17.6. The third-order valence-electron chi connectivity index (χ3n) is 4.55. The van der Waals surface area contributed by atoms with Gasteiger partial charge in [0.15, 0.2) is 0 Å². The Morgan fingerprint density at radius 3 is 2.48 bits per heavy atom. The van der Waals surface area contributed by atoms with Crippen LogP contribution in [0, 0.1) is 0 Å². The van der Waals surface area contributed by atoms with Gasteiger partial charge in [-0.1, -0.05) is 48.5 Å². The van der Waals surface area contributed by atoms with Gasteiger partial charge >= 0.3 is 0 Å². The third kappa shape index (κ3) is 3.82. The summed E-state index contributed by atoms with van der Waals surface area (Å²) in [5.74, 6) is -0.0816. The van der Waals surface area contributed by atoms with E-state index < -0.39 is 17.0 Å². The van der Waals surface area contributed by atoms with Crippen molar-refractivity contribution in [3.8, 4) is 0 Å². The molecule has 5 nitrogen and oxygen atoms in total. The molecule has 1 aliphatic rings. The average molecular weight is 377 g/mol. The molecule has 1 aromatic heterocycles. The van der Waals surface area contributed by atoms with Gasteiger partial charge in [-0.05, 0) is 29.3 Å². The Labute approximate surface area is 160 Å². The van der Waals surface area contributed by atoms with Gasteiger partial charge in [-0.2, -0.15) is 0 Å². The molecule has 0 radical (unpaired) electrons. The van der Waals surface area contributed by atoms with Crippen molar-refractivity contribution in [3.63, 3.8) is 0 Å². The number of fused-ring (bicyclic) bond motifs is 1. The second-order valence-electron chi connectivity index (χ2n) is 6.37. The summed E-state index contributed by atoms with van der Waals surface area (Å²) >= 11 is 0.